The first-order valence-electron chi connectivity index (χ1n) is 7.02. The molecule has 0 saturated heterocycles. The number of benzene rings is 3. The van der Waals surface area contributed by atoms with E-state index in [0.717, 1.165) is 26.7 Å². The van der Waals surface area contributed by atoms with Crippen LogP contribution in [0.15, 0.2) is 72.8 Å². The van der Waals surface area contributed by atoms with Crippen molar-refractivity contribution in [2.75, 3.05) is 0 Å². The van der Waals surface area contributed by atoms with Crippen LogP contribution in [0.5, 0.6) is 0 Å². The third kappa shape index (κ3) is 2.41. The fraction of sp³-hybridized carbons (Fsp3) is 0. The van der Waals surface area contributed by atoms with Gasteiger partial charge in [-0.15, -0.1) is 11.3 Å². The summed E-state index contributed by atoms with van der Waals surface area (Å²) in [5, 5.41) is 1.73. The minimum Gasteiger partial charge on any atom is -0.236 e. The lowest BCUT2D eigenvalue weighted by Crippen LogP contribution is -1.84. The van der Waals surface area contributed by atoms with Gasteiger partial charge in [0.1, 0.15) is 5.01 Å². The van der Waals surface area contributed by atoms with Crippen molar-refractivity contribution in [1.29, 1.82) is 0 Å². The SMILES string of the molecule is Clc1ccc(-c2ccccc2)c(-c2nc3ccccc3s2)c1. The molecule has 4 rings (SSSR count). The number of halogens is 1. The van der Waals surface area contributed by atoms with Crippen LogP contribution in [0, 0.1) is 0 Å². The summed E-state index contributed by atoms with van der Waals surface area (Å²) in [6.07, 6.45) is 0. The van der Waals surface area contributed by atoms with Crippen molar-refractivity contribution in [3.05, 3.63) is 77.8 Å². The summed E-state index contributed by atoms with van der Waals surface area (Å²) in [6, 6.07) is 24.5. The standard InChI is InChI=1S/C19H12ClNS/c20-14-10-11-15(13-6-2-1-3-7-13)16(12-14)19-21-17-8-4-5-9-18(17)22-19/h1-12H. The van der Waals surface area contributed by atoms with Crippen LogP contribution in [0.25, 0.3) is 31.9 Å². The van der Waals surface area contributed by atoms with Crippen molar-refractivity contribution in [1.82, 2.24) is 4.98 Å². The number of thiazole rings is 1. The van der Waals surface area contributed by atoms with E-state index in [1.54, 1.807) is 11.3 Å². The van der Waals surface area contributed by atoms with E-state index >= 15 is 0 Å². The highest BCUT2D eigenvalue weighted by molar-refractivity contribution is 7.21. The molecular weight excluding hydrogens is 310 g/mol. The molecule has 1 aromatic heterocycles. The van der Waals surface area contributed by atoms with Gasteiger partial charge in [0.2, 0.25) is 0 Å². The van der Waals surface area contributed by atoms with E-state index in [0.29, 0.717) is 0 Å². The molecule has 0 saturated carbocycles. The quantitative estimate of drug-likeness (QED) is 0.423. The van der Waals surface area contributed by atoms with Gasteiger partial charge in [-0.05, 0) is 35.4 Å². The summed E-state index contributed by atoms with van der Waals surface area (Å²) >= 11 is 7.93. The maximum Gasteiger partial charge on any atom is 0.125 e. The molecule has 0 aliphatic carbocycles. The Kier molecular flexibility index (Phi) is 3.41. The molecule has 1 nitrogen and oxygen atoms in total. The Balaban J connectivity index is 1.95. The number of aromatic nitrogens is 1. The molecule has 0 radical (unpaired) electrons. The molecule has 3 aromatic carbocycles. The predicted octanol–water partition coefficient (Wildman–Crippen LogP) is 6.28. The third-order valence-corrected chi connectivity index (χ3v) is 4.90. The second-order valence-electron chi connectivity index (χ2n) is 5.04. The molecule has 0 spiro atoms. The summed E-state index contributed by atoms with van der Waals surface area (Å²) in [5.41, 5.74) is 4.44. The Morgan fingerprint density at radius 1 is 0.773 bits per heavy atom. The normalized spacial score (nSPS) is 11.0. The molecule has 0 atom stereocenters. The zero-order chi connectivity index (χ0) is 14.9. The van der Waals surface area contributed by atoms with E-state index < -0.39 is 0 Å². The van der Waals surface area contributed by atoms with Crippen LogP contribution in [-0.4, -0.2) is 4.98 Å². The van der Waals surface area contributed by atoms with Crippen molar-refractivity contribution in [3.8, 4) is 21.7 Å². The predicted molar refractivity (Wildman–Crippen MR) is 95.5 cm³/mol. The summed E-state index contributed by atoms with van der Waals surface area (Å²) in [7, 11) is 0. The molecule has 4 aromatic rings. The first-order valence-corrected chi connectivity index (χ1v) is 8.21. The molecule has 0 unspecified atom stereocenters. The van der Waals surface area contributed by atoms with Gasteiger partial charge in [0, 0.05) is 10.6 Å². The van der Waals surface area contributed by atoms with E-state index in [1.165, 1.54) is 10.3 Å². The van der Waals surface area contributed by atoms with Crippen LogP contribution in [0.2, 0.25) is 5.02 Å². The van der Waals surface area contributed by atoms with Crippen LogP contribution in [0.1, 0.15) is 0 Å². The van der Waals surface area contributed by atoms with E-state index in [9.17, 15) is 0 Å². The van der Waals surface area contributed by atoms with Gasteiger partial charge in [0.15, 0.2) is 0 Å². The number of nitrogens with zero attached hydrogens (tertiary/aromatic N) is 1. The van der Waals surface area contributed by atoms with Crippen molar-refractivity contribution in [2.45, 2.75) is 0 Å². The molecule has 0 aliphatic heterocycles. The monoisotopic (exact) mass is 321 g/mol. The summed E-state index contributed by atoms with van der Waals surface area (Å²) < 4.78 is 1.19. The fourth-order valence-corrected chi connectivity index (χ4v) is 3.72. The van der Waals surface area contributed by atoms with Crippen molar-refractivity contribution < 1.29 is 0 Å². The first kappa shape index (κ1) is 13.5. The van der Waals surface area contributed by atoms with E-state index in [2.05, 4.69) is 24.3 Å². The van der Waals surface area contributed by atoms with Crippen molar-refractivity contribution in [3.63, 3.8) is 0 Å². The van der Waals surface area contributed by atoms with Crippen LogP contribution >= 0.6 is 22.9 Å². The molecular formula is C19H12ClNS. The van der Waals surface area contributed by atoms with Crippen LogP contribution in [-0.2, 0) is 0 Å². The van der Waals surface area contributed by atoms with Gasteiger partial charge in [-0.3, -0.25) is 0 Å². The lowest BCUT2D eigenvalue weighted by Gasteiger charge is -2.08. The number of rotatable bonds is 2. The van der Waals surface area contributed by atoms with Gasteiger partial charge in [0.25, 0.3) is 0 Å². The summed E-state index contributed by atoms with van der Waals surface area (Å²) in [5.74, 6) is 0. The second-order valence-corrected chi connectivity index (χ2v) is 6.51. The van der Waals surface area contributed by atoms with Gasteiger partial charge in [0.05, 0.1) is 10.2 Å². The molecule has 0 N–H and O–H groups in total. The average molecular weight is 322 g/mol. The zero-order valence-corrected chi connectivity index (χ0v) is 13.2. The van der Waals surface area contributed by atoms with Crippen molar-refractivity contribution >= 4 is 33.2 Å². The third-order valence-electron chi connectivity index (χ3n) is 3.59. The summed E-state index contributed by atoms with van der Waals surface area (Å²) in [4.78, 5) is 4.77. The largest absolute Gasteiger partial charge is 0.236 e. The highest BCUT2D eigenvalue weighted by Gasteiger charge is 2.12. The Morgan fingerprint density at radius 2 is 1.55 bits per heavy atom. The lowest BCUT2D eigenvalue weighted by molar-refractivity contribution is 1.47. The minimum atomic E-state index is 0.730. The van der Waals surface area contributed by atoms with Gasteiger partial charge in [-0.25, -0.2) is 4.98 Å². The number of fused-ring (bicyclic) bond motifs is 1. The number of hydrogen-bond acceptors (Lipinski definition) is 2. The highest BCUT2D eigenvalue weighted by atomic mass is 35.5. The Labute approximate surface area is 137 Å². The maximum atomic E-state index is 6.23. The molecule has 0 aliphatic rings. The van der Waals surface area contributed by atoms with E-state index in [1.807, 2.05) is 48.5 Å². The van der Waals surface area contributed by atoms with Crippen LogP contribution in [0.3, 0.4) is 0 Å². The Hall–Kier alpha value is -2.16. The molecule has 1 heterocycles. The van der Waals surface area contributed by atoms with Crippen molar-refractivity contribution in [2.24, 2.45) is 0 Å². The second kappa shape index (κ2) is 5.56. The maximum absolute atomic E-state index is 6.23. The van der Waals surface area contributed by atoms with Gasteiger partial charge in [-0.2, -0.15) is 0 Å². The molecule has 3 heteroatoms. The molecule has 22 heavy (non-hydrogen) atoms. The molecule has 0 bridgehead atoms. The first-order chi connectivity index (χ1) is 10.8. The van der Waals surface area contributed by atoms with Gasteiger partial charge >= 0.3 is 0 Å². The molecule has 0 fully saturated rings. The van der Waals surface area contributed by atoms with E-state index in [4.69, 9.17) is 16.6 Å². The smallest absolute Gasteiger partial charge is 0.125 e. The van der Waals surface area contributed by atoms with E-state index in [-0.39, 0.29) is 0 Å². The summed E-state index contributed by atoms with van der Waals surface area (Å²) in [6.45, 7) is 0. The van der Waals surface area contributed by atoms with Gasteiger partial charge < -0.3 is 0 Å². The van der Waals surface area contributed by atoms with Crippen LogP contribution in [0.4, 0.5) is 0 Å². The highest BCUT2D eigenvalue weighted by Crippen LogP contribution is 2.38. The number of para-hydroxylation sites is 1. The number of hydrogen-bond donors (Lipinski definition) is 0. The average Bonchev–Trinajstić information content (AvgIpc) is 2.99. The zero-order valence-electron chi connectivity index (χ0n) is 11.7. The minimum absolute atomic E-state index is 0.730. The van der Waals surface area contributed by atoms with Gasteiger partial charge in [-0.1, -0.05) is 60.1 Å². The topological polar surface area (TPSA) is 12.9 Å². The van der Waals surface area contributed by atoms with Crippen LogP contribution < -0.4 is 0 Å². The Bertz CT molecular complexity index is 911. The molecule has 0 amide bonds. The Morgan fingerprint density at radius 3 is 2.36 bits per heavy atom. The molecule has 106 valence electrons. The lowest BCUT2D eigenvalue weighted by atomic mass is 10.00. The fourth-order valence-electron chi connectivity index (χ4n) is 2.55.